The summed E-state index contributed by atoms with van der Waals surface area (Å²) in [5, 5.41) is 11.1. The molecule has 1 rings (SSSR count). The van der Waals surface area contributed by atoms with Gasteiger partial charge in [-0.15, -0.1) is 0 Å². The minimum atomic E-state index is -0.902. The maximum absolute atomic E-state index is 13.4. The zero-order valence-electron chi connectivity index (χ0n) is 11.4. The molecule has 0 saturated heterocycles. The molecule has 0 aliphatic rings. The van der Waals surface area contributed by atoms with Gasteiger partial charge in [-0.05, 0) is 25.1 Å². The molecule has 0 bridgehead atoms. The largest absolute Gasteiger partial charge is 0.481 e. The van der Waals surface area contributed by atoms with Crippen molar-refractivity contribution in [2.75, 3.05) is 25.0 Å². The molecule has 1 aromatic rings. The average molecular weight is 282 g/mol. The number of hydrogen-bond donors (Lipinski definition) is 2. The highest BCUT2D eigenvalue weighted by atomic mass is 19.1. The van der Waals surface area contributed by atoms with Crippen LogP contribution in [-0.2, 0) is 9.59 Å². The van der Waals surface area contributed by atoms with Crippen molar-refractivity contribution in [3.8, 4) is 0 Å². The van der Waals surface area contributed by atoms with E-state index in [1.54, 1.807) is 17.0 Å². The SMILES string of the molecule is CCCN(CCC(=O)O)CC(=O)Nc1ccccc1F. The van der Waals surface area contributed by atoms with Gasteiger partial charge in [0.25, 0.3) is 0 Å². The molecule has 0 saturated carbocycles. The van der Waals surface area contributed by atoms with Crippen LogP contribution in [0.3, 0.4) is 0 Å². The van der Waals surface area contributed by atoms with Crippen LogP contribution in [0.4, 0.5) is 10.1 Å². The van der Waals surface area contributed by atoms with Gasteiger partial charge in [-0.25, -0.2) is 4.39 Å². The molecule has 0 heterocycles. The molecule has 2 N–H and O–H groups in total. The molecule has 0 unspecified atom stereocenters. The van der Waals surface area contributed by atoms with Crippen molar-refractivity contribution in [1.82, 2.24) is 4.90 Å². The summed E-state index contributed by atoms with van der Waals surface area (Å²) >= 11 is 0. The van der Waals surface area contributed by atoms with Gasteiger partial charge >= 0.3 is 5.97 Å². The molecule has 0 radical (unpaired) electrons. The fraction of sp³-hybridized carbons (Fsp3) is 0.429. The molecule has 0 spiro atoms. The Balaban J connectivity index is 2.53. The Hall–Kier alpha value is -1.95. The zero-order valence-corrected chi connectivity index (χ0v) is 11.4. The van der Waals surface area contributed by atoms with Crippen LogP contribution in [0.5, 0.6) is 0 Å². The minimum absolute atomic E-state index is 0.0209. The van der Waals surface area contributed by atoms with E-state index in [4.69, 9.17) is 5.11 Å². The first-order valence-corrected chi connectivity index (χ1v) is 6.51. The van der Waals surface area contributed by atoms with E-state index in [0.717, 1.165) is 6.42 Å². The number of hydrogen-bond acceptors (Lipinski definition) is 3. The first-order valence-electron chi connectivity index (χ1n) is 6.51. The first kappa shape index (κ1) is 16.1. The zero-order chi connectivity index (χ0) is 15.0. The topological polar surface area (TPSA) is 69.6 Å². The second-order valence-electron chi connectivity index (χ2n) is 4.45. The molecule has 0 fully saturated rings. The van der Waals surface area contributed by atoms with Crippen LogP contribution >= 0.6 is 0 Å². The van der Waals surface area contributed by atoms with Crippen LogP contribution in [0.1, 0.15) is 19.8 Å². The smallest absolute Gasteiger partial charge is 0.304 e. The van der Waals surface area contributed by atoms with Gasteiger partial charge in [0.1, 0.15) is 5.82 Å². The highest BCUT2D eigenvalue weighted by molar-refractivity contribution is 5.92. The molecule has 110 valence electrons. The summed E-state index contributed by atoms with van der Waals surface area (Å²) in [5.74, 6) is -1.75. The first-order chi connectivity index (χ1) is 9.52. The Morgan fingerprint density at radius 3 is 2.60 bits per heavy atom. The number of rotatable bonds is 8. The van der Waals surface area contributed by atoms with Gasteiger partial charge in [0, 0.05) is 6.54 Å². The Labute approximate surface area is 117 Å². The van der Waals surface area contributed by atoms with E-state index in [0.29, 0.717) is 13.1 Å². The normalized spacial score (nSPS) is 10.6. The summed E-state index contributed by atoms with van der Waals surface area (Å²) in [4.78, 5) is 24.1. The number of benzene rings is 1. The lowest BCUT2D eigenvalue weighted by Gasteiger charge is -2.20. The van der Waals surface area contributed by atoms with Crippen LogP contribution < -0.4 is 5.32 Å². The van der Waals surface area contributed by atoms with Gasteiger partial charge < -0.3 is 10.4 Å². The third-order valence-electron chi connectivity index (χ3n) is 2.70. The average Bonchev–Trinajstić information content (AvgIpc) is 2.39. The maximum atomic E-state index is 13.4. The second-order valence-corrected chi connectivity index (χ2v) is 4.45. The van der Waals surface area contributed by atoms with E-state index >= 15 is 0 Å². The van der Waals surface area contributed by atoms with Crippen molar-refractivity contribution in [3.05, 3.63) is 30.1 Å². The maximum Gasteiger partial charge on any atom is 0.304 e. The number of carbonyl (C=O) groups excluding carboxylic acids is 1. The third kappa shape index (κ3) is 5.79. The van der Waals surface area contributed by atoms with Crippen molar-refractivity contribution in [3.63, 3.8) is 0 Å². The summed E-state index contributed by atoms with van der Waals surface area (Å²) in [6, 6.07) is 5.92. The van der Waals surface area contributed by atoms with Crippen LogP contribution in [0.15, 0.2) is 24.3 Å². The Morgan fingerprint density at radius 2 is 2.00 bits per heavy atom. The number of halogens is 1. The van der Waals surface area contributed by atoms with E-state index in [-0.39, 0.29) is 24.6 Å². The number of aliphatic carboxylic acids is 1. The molecule has 0 aliphatic heterocycles. The van der Waals surface area contributed by atoms with Gasteiger partial charge in [0.05, 0.1) is 18.7 Å². The van der Waals surface area contributed by atoms with Crippen LogP contribution in [0, 0.1) is 5.82 Å². The summed E-state index contributed by atoms with van der Waals surface area (Å²) in [6.45, 7) is 2.92. The minimum Gasteiger partial charge on any atom is -0.481 e. The van der Waals surface area contributed by atoms with Gasteiger partial charge in [-0.3, -0.25) is 14.5 Å². The Kier molecular flexibility index (Phi) is 6.66. The number of para-hydroxylation sites is 1. The fourth-order valence-electron chi connectivity index (χ4n) is 1.80. The van der Waals surface area contributed by atoms with E-state index in [9.17, 15) is 14.0 Å². The predicted octanol–water partition coefficient (Wildman–Crippen LogP) is 1.95. The monoisotopic (exact) mass is 282 g/mol. The lowest BCUT2D eigenvalue weighted by molar-refractivity contribution is -0.137. The molecular formula is C14H19FN2O3. The highest BCUT2D eigenvalue weighted by Gasteiger charge is 2.12. The fourth-order valence-corrected chi connectivity index (χ4v) is 1.80. The van der Waals surface area contributed by atoms with Gasteiger partial charge in [-0.2, -0.15) is 0 Å². The third-order valence-corrected chi connectivity index (χ3v) is 2.70. The summed E-state index contributed by atoms with van der Waals surface area (Å²) in [6.07, 6.45) is 0.791. The Bertz CT molecular complexity index is 465. The van der Waals surface area contributed by atoms with Gasteiger partial charge in [0.2, 0.25) is 5.91 Å². The summed E-state index contributed by atoms with van der Waals surface area (Å²) < 4.78 is 13.4. The predicted molar refractivity (Wildman–Crippen MR) is 74.0 cm³/mol. The van der Waals surface area contributed by atoms with Gasteiger partial charge in [0.15, 0.2) is 0 Å². The molecule has 6 heteroatoms. The summed E-state index contributed by atoms with van der Waals surface area (Å²) in [7, 11) is 0. The van der Waals surface area contributed by atoms with Crippen molar-refractivity contribution in [2.45, 2.75) is 19.8 Å². The number of nitrogens with zero attached hydrogens (tertiary/aromatic N) is 1. The standard InChI is InChI=1S/C14H19FN2O3/c1-2-8-17(9-7-14(19)20)10-13(18)16-12-6-4-3-5-11(12)15/h3-6H,2,7-10H2,1H3,(H,16,18)(H,19,20). The molecule has 0 atom stereocenters. The van der Waals surface area contributed by atoms with Crippen LogP contribution in [0.25, 0.3) is 0 Å². The van der Waals surface area contributed by atoms with E-state index in [2.05, 4.69) is 5.32 Å². The van der Waals surface area contributed by atoms with Gasteiger partial charge in [-0.1, -0.05) is 19.1 Å². The van der Waals surface area contributed by atoms with Crippen LogP contribution in [-0.4, -0.2) is 41.5 Å². The van der Waals surface area contributed by atoms with Crippen molar-refractivity contribution < 1.29 is 19.1 Å². The number of anilines is 1. The lowest BCUT2D eigenvalue weighted by atomic mass is 10.3. The van der Waals surface area contributed by atoms with Crippen molar-refractivity contribution >= 4 is 17.6 Å². The molecular weight excluding hydrogens is 263 g/mol. The number of carbonyl (C=O) groups is 2. The second kappa shape index (κ2) is 8.27. The number of amides is 1. The molecule has 0 aliphatic carbocycles. The van der Waals surface area contributed by atoms with E-state index < -0.39 is 11.8 Å². The number of nitrogens with one attached hydrogen (secondary N) is 1. The lowest BCUT2D eigenvalue weighted by Crippen LogP contribution is -2.35. The van der Waals surface area contributed by atoms with Crippen molar-refractivity contribution in [2.24, 2.45) is 0 Å². The van der Waals surface area contributed by atoms with E-state index in [1.165, 1.54) is 12.1 Å². The summed E-state index contributed by atoms with van der Waals surface area (Å²) in [5.41, 5.74) is 0.132. The molecule has 5 nitrogen and oxygen atoms in total. The molecule has 1 amide bonds. The number of carboxylic acid groups (broad SMARTS) is 1. The van der Waals surface area contributed by atoms with E-state index in [1.807, 2.05) is 6.92 Å². The molecule has 0 aromatic heterocycles. The Morgan fingerprint density at radius 1 is 1.30 bits per heavy atom. The molecule has 20 heavy (non-hydrogen) atoms. The van der Waals surface area contributed by atoms with Crippen molar-refractivity contribution in [1.29, 1.82) is 0 Å². The quantitative estimate of drug-likeness (QED) is 0.764. The highest BCUT2D eigenvalue weighted by Crippen LogP contribution is 2.12. The molecule has 1 aromatic carbocycles. The van der Waals surface area contributed by atoms with Crippen LogP contribution in [0.2, 0.25) is 0 Å². The number of carboxylic acids is 1.